The molecular formula is C26H28F2N2O5. The van der Waals surface area contributed by atoms with Gasteiger partial charge in [0.15, 0.2) is 0 Å². The summed E-state index contributed by atoms with van der Waals surface area (Å²) in [5.41, 5.74) is 4.46. The SMILES string of the molecule is O=C(O)CC(NC(=O)CC(CNC(=O)OCC1c2ccccc2-c2ccccc21)C1CC1)C(F)F. The monoisotopic (exact) mass is 486 g/mol. The molecule has 0 bridgehead atoms. The fourth-order valence-corrected chi connectivity index (χ4v) is 4.73. The van der Waals surface area contributed by atoms with Crippen LogP contribution in [-0.2, 0) is 14.3 Å². The molecule has 0 radical (unpaired) electrons. The van der Waals surface area contributed by atoms with Crippen molar-refractivity contribution in [2.24, 2.45) is 11.8 Å². The number of aliphatic carboxylic acids is 1. The molecule has 2 atom stereocenters. The fraction of sp³-hybridized carbons (Fsp3) is 0.423. The number of carbonyl (C=O) groups excluding carboxylic acids is 2. The molecule has 9 heteroatoms. The van der Waals surface area contributed by atoms with E-state index in [0.717, 1.165) is 35.1 Å². The lowest BCUT2D eigenvalue weighted by atomic mass is 9.98. The Kier molecular flexibility index (Phi) is 7.63. The molecule has 0 saturated heterocycles. The average molecular weight is 487 g/mol. The Balaban J connectivity index is 1.29. The van der Waals surface area contributed by atoms with Crippen molar-refractivity contribution in [1.29, 1.82) is 0 Å². The van der Waals surface area contributed by atoms with Gasteiger partial charge in [-0.25, -0.2) is 13.6 Å². The Morgan fingerprint density at radius 2 is 1.57 bits per heavy atom. The minimum atomic E-state index is -2.98. The summed E-state index contributed by atoms with van der Waals surface area (Å²) < 4.78 is 31.6. The number of alkyl halides is 2. The Morgan fingerprint density at radius 1 is 0.971 bits per heavy atom. The number of halogens is 2. The van der Waals surface area contributed by atoms with E-state index in [9.17, 15) is 23.2 Å². The fourth-order valence-electron chi connectivity index (χ4n) is 4.73. The predicted octanol–water partition coefficient (Wildman–Crippen LogP) is 4.17. The minimum absolute atomic E-state index is 0.0707. The van der Waals surface area contributed by atoms with Gasteiger partial charge in [-0.05, 0) is 46.9 Å². The topological polar surface area (TPSA) is 105 Å². The average Bonchev–Trinajstić information content (AvgIpc) is 3.62. The molecule has 186 valence electrons. The Hall–Kier alpha value is -3.49. The molecule has 0 heterocycles. The number of carboxylic acids is 1. The molecule has 7 nitrogen and oxygen atoms in total. The van der Waals surface area contributed by atoms with E-state index >= 15 is 0 Å². The van der Waals surface area contributed by atoms with Crippen LogP contribution in [0, 0.1) is 11.8 Å². The number of ether oxygens (including phenoxy) is 1. The van der Waals surface area contributed by atoms with Crippen molar-refractivity contribution >= 4 is 18.0 Å². The first-order valence-electron chi connectivity index (χ1n) is 11.7. The first-order chi connectivity index (χ1) is 16.8. The number of rotatable bonds is 11. The second-order valence-electron chi connectivity index (χ2n) is 9.11. The van der Waals surface area contributed by atoms with Gasteiger partial charge >= 0.3 is 12.1 Å². The third kappa shape index (κ3) is 6.15. The molecule has 2 aromatic rings. The summed E-state index contributed by atoms with van der Waals surface area (Å²) in [6.45, 7) is 0.340. The first kappa shape index (κ1) is 24.6. The van der Waals surface area contributed by atoms with Crippen molar-refractivity contribution < 1.29 is 33.0 Å². The molecule has 0 spiro atoms. The smallest absolute Gasteiger partial charge is 0.407 e. The number of hydrogen-bond donors (Lipinski definition) is 3. The van der Waals surface area contributed by atoms with E-state index in [1.165, 1.54) is 0 Å². The molecule has 35 heavy (non-hydrogen) atoms. The molecule has 2 amide bonds. The molecule has 2 aromatic carbocycles. The van der Waals surface area contributed by atoms with Crippen LogP contribution in [0.1, 0.15) is 42.7 Å². The number of hydrogen-bond acceptors (Lipinski definition) is 4. The zero-order valence-electron chi connectivity index (χ0n) is 19.1. The number of benzene rings is 2. The zero-order chi connectivity index (χ0) is 24.9. The summed E-state index contributed by atoms with van der Waals surface area (Å²) >= 11 is 0. The number of carboxylic acid groups (broad SMARTS) is 1. The van der Waals surface area contributed by atoms with Gasteiger partial charge in [-0.1, -0.05) is 48.5 Å². The highest BCUT2D eigenvalue weighted by molar-refractivity contribution is 5.79. The van der Waals surface area contributed by atoms with Gasteiger partial charge in [-0.15, -0.1) is 0 Å². The number of alkyl carbamates (subject to hydrolysis) is 1. The second kappa shape index (κ2) is 10.8. The van der Waals surface area contributed by atoms with Crippen LogP contribution in [-0.4, -0.2) is 48.7 Å². The zero-order valence-corrected chi connectivity index (χ0v) is 19.1. The van der Waals surface area contributed by atoms with Gasteiger partial charge in [-0.3, -0.25) is 9.59 Å². The van der Waals surface area contributed by atoms with Gasteiger partial charge in [0.1, 0.15) is 12.6 Å². The van der Waals surface area contributed by atoms with Crippen LogP contribution in [0.25, 0.3) is 11.1 Å². The maximum absolute atomic E-state index is 13.0. The molecule has 2 unspecified atom stereocenters. The van der Waals surface area contributed by atoms with Crippen LogP contribution in [0.4, 0.5) is 13.6 Å². The molecule has 2 aliphatic rings. The summed E-state index contributed by atoms with van der Waals surface area (Å²) in [6, 6.07) is 14.3. The van der Waals surface area contributed by atoms with Crippen LogP contribution in [0.3, 0.4) is 0 Å². The number of nitrogens with one attached hydrogen (secondary N) is 2. The highest BCUT2D eigenvalue weighted by Crippen LogP contribution is 2.44. The molecule has 4 rings (SSSR count). The van der Waals surface area contributed by atoms with Gasteiger partial charge in [0.25, 0.3) is 6.43 Å². The normalized spacial score (nSPS) is 16.2. The second-order valence-corrected chi connectivity index (χ2v) is 9.11. The van der Waals surface area contributed by atoms with E-state index in [2.05, 4.69) is 22.8 Å². The molecule has 0 aromatic heterocycles. The molecule has 3 N–H and O–H groups in total. The number of amides is 2. The highest BCUT2D eigenvalue weighted by Gasteiger charge is 2.35. The van der Waals surface area contributed by atoms with E-state index < -0.39 is 36.9 Å². The summed E-state index contributed by atoms with van der Waals surface area (Å²) in [5.74, 6) is -2.16. The van der Waals surface area contributed by atoms with Crippen LogP contribution in [0.2, 0.25) is 0 Å². The largest absolute Gasteiger partial charge is 0.481 e. The maximum Gasteiger partial charge on any atom is 0.407 e. The number of carbonyl (C=O) groups is 3. The molecule has 0 aliphatic heterocycles. The van der Waals surface area contributed by atoms with Gasteiger partial charge in [-0.2, -0.15) is 0 Å². The third-order valence-corrected chi connectivity index (χ3v) is 6.63. The Labute approximate surface area is 201 Å². The Bertz CT molecular complexity index is 1040. The summed E-state index contributed by atoms with van der Waals surface area (Å²) in [7, 11) is 0. The van der Waals surface area contributed by atoms with Crippen molar-refractivity contribution in [2.45, 2.75) is 44.1 Å². The van der Waals surface area contributed by atoms with Crippen molar-refractivity contribution in [3.8, 4) is 11.1 Å². The van der Waals surface area contributed by atoms with Crippen molar-refractivity contribution in [2.75, 3.05) is 13.2 Å². The van der Waals surface area contributed by atoms with E-state index in [-0.39, 0.29) is 37.3 Å². The highest BCUT2D eigenvalue weighted by atomic mass is 19.3. The van der Waals surface area contributed by atoms with E-state index in [1.807, 2.05) is 36.4 Å². The van der Waals surface area contributed by atoms with Crippen LogP contribution in [0.15, 0.2) is 48.5 Å². The maximum atomic E-state index is 13.0. The molecule has 2 aliphatic carbocycles. The lowest BCUT2D eigenvalue weighted by molar-refractivity contribution is -0.139. The van der Waals surface area contributed by atoms with Gasteiger partial charge in [0, 0.05) is 18.9 Å². The molecule has 1 saturated carbocycles. The first-order valence-corrected chi connectivity index (χ1v) is 11.7. The van der Waals surface area contributed by atoms with Crippen LogP contribution < -0.4 is 10.6 Å². The van der Waals surface area contributed by atoms with E-state index in [4.69, 9.17) is 9.84 Å². The summed E-state index contributed by atoms with van der Waals surface area (Å²) in [4.78, 5) is 35.5. The minimum Gasteiger partial charge on any atom is -0.481 e. The van der Waals surface area contributed by atoms with Gasteiger partial charge in [0.05, 0.1) is 6.42 Å². The van der Waals surface area contributed by atoms with Crippen LogP contribution >= 0.6 is 0 Å². The molecule has 1 fully saturated rings. The standard InChI is InChI=1S/C26H28F2N2O5/c27-25(28)22(12-24(32)33)30-23(31)11-16(15-9-10-15)13-29-26(34)35-14-21-19-7-3-1-5-17(19)18-6-2-4-8-20(18)21/h1-8,15-16,21-22,25H,9-14H2,(H,29,34)(H,30,31)(H,32,33). The summed E-state index contributed by atoms with van der Waals surface area (Å²) in [5, 5.41) is 13.6. The van der Waals surface area contributed by atoms with Crippen molar-refractivity contribution in [1.82, 2.24) is 10.6 Å². The van der Waals surface area contributed by atoms with Gasteiger partial charge < -0.3 is 20.5 Å². The Morgan fingerprint density at radius 3 is 2.11 bits per heavy atom. The lowest BCUT2D eigenvalue weighted by Gasteiger charge is -2.20. The van der Waals surface area contributed by atoms with Crippen molar-refractivity contribution in [3.05, 3.63) is 59.7 Å². The van der Waals surface area contributed by atoms with E-state index in [0.29, 0.717) is 0 Å². The third-order valence-electron chi connectivity index (χ3n) is 6.63. The van der Waals surface area contributed by atoms with Crippen molar-refractivity contribution in [3.63, 3.8) is 0 Å². The quantitative estimate of drug-likeness (QED) is 0.442. The molecular weight excluding hydrogens is 458 g/mol. The van der Waals surface area contributed by atoms with Gasteiger partial charge in [0.2, 0.25) is 5.91 Å². The predicted molar refractivity (Wildman–Crippen MR) is 124 cm³/mol. The van der Waals surface area contributed by atoms with Crippen LogP contribution in [0.5, 0.6) is 0 Å². The number of fused-ring (bicyclic) bond motifs is 3. The van der Waals surface area contributed by atoms with E-state index in [1.54, 1.807) is 0 Å². The lowest BCUT2D eigenvalue weighted by Crippen LogP contribution is -2.43. The summed E-state index contributed by atoms with van der Waals surface area (Å²) in [6.07, 6.45) is -2.73.